The fourth-order valence-electron chi connectivity index (χ4n) is 0.895. The predicted molar refractivity (Wildman–Crippen MR) is 49.9 cm³/mol. The molecule has 0 amide bonds. The van der Waals surface area contributed by atoms with E-state index >= 15 is 0 Å². The first-order valence-corrected chi connectivity index (χ1v) is 5.70. The SMILES string of the molecule is CC=C(CCC(C)C)P(=O)(O)O. The van der Waals surface area contributed by atoms with Gasteiger partial charge in [0.15, 0.2) is 0 Å². The molecule has 0 radical (unpaired) electrons. The van der Waals surface area contributed by atoms with E-state index < -0.39 is 7.60 Å². The van der Waals surface area contributed by atoms with Gasteiger partial charge in [0.05, 0.1) is 0 Å². The van der Waals surface area contributed by atoms with Crippen molar-refractivity contribution in [2.45, 2.75) is 33.6 Å². The highest BCUT2D eigenvalue weighted by Crippen LogP contribution is 2.47. The molecule has 2 N–H and O–H groups in total. The van der Waals surface area contributed by atoms with Gasteiger partial charge in [0.2, 0.25) is 0 Å². The summed E-state index contributed by atoms with van der Waals surface area (Å²) in [6.07, 6.45) is 2.84. The van der Waals surface area contributed by atoms with E-state index in [2.05, 4.69) is 0 Å². The predicted octanol–water partition coefficient (Wildman–Crippen LogP) is 2.50. The number of hydrogen-bond acceptors (Lipinski definition) is 1. The van der Waals surface area contributed by atoms with Crippen molar-refractivity contribution < 1.29 is 14.4 Å². The van der Waals surface area contributed by atoms with Crippen LogP contribution in [0.2, 0.25) is 0 Å². The summed E-state index contributed by atoms with van der Waals surface area (Å²) in [5, 5.41) is 0.260. The van der Waals surface area contributed by atoms with E-state index in [1.807, 2.05) is 13.8 Å². The molecule has 0 bridgehead atoms. The molecule has 0 atom stereocenters. The Bertz CT molecular complexity index is 202. The smallest absolute Gasteiger partial charge is 0.321 e. The normalized spacial score (nSPS) is 14.0. The van der Waals surface area contributed by atoms with Crippen LogP contribution < -0.4 is 0 Å². The summed E-state index contributed by atoms with van der Waals surface area (Å²) in [5.74, 6) is 0.478. The Balaban J connectivity index is 4.14. The van der Waals surface area contributed by atoms with Crippen LogP contribution >= 0.6 is 7.60 Å². The van der Waals surface area contributed by atoms with Gasteiger partial charge in [-0.1, -0.05) is 19.9 Å². The second-order valence-corrected chi connectivity index (χ2v) is 4.92. The highest BCUT2D eigenvalue weighted by atomic mass is 31.2. The summed E-state index contributed by atoms with van der Waals surface area (Å²) >= 11 is 0. The van der Waals surface area contributed by atoms with E-state index in [1.54, 1.807) is 6.92 Å². The van der Waals surface area contributed by atoms with Gasteiger partial charge in [0, 0.05) is 5.31 Å². The van der Waals surface area contributed by atoms with Crippen molar-refractivity contribution in [2.75, 3.05) is 0 Å². The quantitative estimate of drug-likeness (QED) is 0.673. The molecule has 12 heavy (non-hydrogen) atoms. The van der Waals surface area contributed by atoms with Crippen molar-refractivity contribution in [1.82, 2.24) is 0 Å². The van der Waals surface area contributed by atoms with Crippen LogP contribution in [0.4, 0.5) is 0 Å². The van der Waals surface area contributed by atoms with Crippen LogP contribution in [0, 0.1) is 5.92 Å². The van der Waals surface area contributed by atoms with Gasteiger partial charge >= 0.3 is 7.60 Å². The van der Waals surface area contributed by atoms with Gasteiger partial charge in [0.25, 0.3) is 0 Å². The lowest BCUT2D eigenvalue weighted by molar-refractivity contribution is 0.379. The van der Waals surface area contributed by atoms with Crippen molar-refractivity contribution in [3.63, 3.8) is 0 Å². The lowest BCUT2D eigenvalue weighted by atomic mass is 10.1. The van der Waals surface area contributed by atoms with E-state index in [0.29, 0.717) is 12.3 Å². The first-order valence-electron chi connectivity index (χ1n) is 4.09. The van der Waals surface area contributed by atoms with Crippen LogP contribution in [0.3, 0.4) is 0 Å². The molecule has 0 aliphatic rings. The zero-order valence-corrected chi connectivity index (χ0v) is 8.71. The third-order valence-corrected chi connectivity index (χ3v) is 2.92. The van der Waals surface area contributed by atoms with Crippen molar-refractivity contribution in [3.8, 4) is 0 Å². The van der Waals surface area contributed by atoms with Gasteiger partial charge in [-0.3, -0.25) is 4.57 Å². The number of allylic oxidation sites excluding steroid dienone is 2. The van der Waals surface area contributed by atoms with Gasteiger partial charge in [-0.25, -0.2) is 0 Å². The Morgan fingerprint density at radius 1 is 1.50 bits per heavy atom. The summed E-state index contributed by atoms with van der Waals surface area (Å²) in [6.45, 7) is 5.73. The standard InChI is InChI=1S/C8H17O3P/c1-4-8(12(9,10)11)6-5-7(2)3/h4,7H,5-6H2,1-3H3,(H2,9,10,11). The molecule has 0 saturated carbocycles. The van der Waals surface area contributed by atoms with Crippen LogP contribution in [0.25, 0.3) is 0 Å². The molecule has 0 rings (SSSR count). The minimum absolute atomic E-state index is 0.260. The Kier molecular flexibility index (Phi) is 4.76. The molecule has 0 spiro atoms. The fraction of sp³-hybridized carbons (Fsp3) is 0.750. The van der Waals surface area contributed by atoms with E-state index in [4.69, 9.17) is 9.79 Å². The van der Waals surface area contributed by atoms with Crippen LogP contribution in [-0.2, 0) is 4.57 Å². The maximum Gasteiger partial charge on any atom is 0.351 e. The maximum atomic E-state index is 10.8. The molecule has 0 fully saturated rings. The van der Waals surface area contributed by atoms with E-state index in [1.165, 1.54) is 6.08 Å². The van der Waals surface area contributed by atoms with E-state index in [9.17, 15) is 4.57 Å². The molecule has 3 nitrogen and oxygen atoms in total. The average Bonchev–Trinajstić information content (AvgIpc) is 1.85. The highest BCUT2D eigenvalue weighted by molar-refractivity contribution is 7.56. The topological polar surface area (TPSA) is 57.5 Å². The third kappa shape index (κ3) is 4.70. The second-order valence-electron chi connectivity index (χ2n) is 3.26. The summed E-state index contributed by atoms with van der Waals surface area (Å²) in [4.78, 5) is 17.7. The van der Waals surface area contributed by atoms with Gasteiger partial charge in [-0.15, -0.1) is 0 Å². The molecule has 0 heterocycles. The van der Waals surface area contributed by atoms with Gasteiger partial charge in [0.1, 0.15) is 0 Å². The first kappa shape index (κ1) is 11.9. The fourth-order valence-corrected chi connectivity index (χ4v) is 1.65. The van der Waals surface area contributed by atoms with Crippen molar-refractivity contribution in [1.29, 1.82) is 0 Å². The summed E-state index contributed by atoms with van der Waals surface area (Å²) in [5.41, 5.74) is 0. The zero-order valence-electron chi connectivity index (χ0n) is 7.82. The molecular weight excluding hydrogens is 175 g/mol. The van der Waals surface area contributed by atoms with Crippen LogP contribution in [0.1, 0.15) is 33.6 Å². The second kappa shape index (κ2) is 4.80. The van der Waals surface area contributed by atoms with Crippen LogP contribution in [0.15, 0.2) is 11.4 Å². The highest BCUT2D eigenvalue weighted by Gasteiger charge is 2.19. The molecule has 0 aliphatic carbocycles. The van der Waals surface area contributed by atoms with Crippen LogP contribution in [-0.4, -0.2) is 9.79 Å². The van der Waals surface area contributed by atoms with E-state index in [-0.39, 0.29) is 5.31 Å². The lowest BCUT2D eigenvalue weighted by Crippen LogP contribution is -1.91. The summed E-state index contributed by atoms with van der Waals surface area (Å²) < 4.78 is 10.8. The molecule has 0 aromatic rings. The Labute approximate surface area is 73.7 Å². The van der Waals surface area contributed by atoms with Gasteiger partial charge in [-0.05, 0) is 25.7 Å². The zero-order chi connectivity index (χ0) is 9.78. The average molecular weight is 192 g/mol. The minimum Gasteiger partial charge on any atom is -0.321 e. The molecule has 72 valence electrons. The van der Waals surface area contributed by atoms with Crippen molar-refractivity contribution in [3.05, 3.63) is 11.4 Å². The van der Waals surface area contributed by atoms with Crippen molar-refractivity contribution >= 4 is 7.60 Å². The molecule has 0 aromatic heterocycles. The maximum absolute atomic E-state index is 10.8. The van der Waals surface area contributed by atoms with E-state index in [0.717, 1.165) is 6.42 Å². The van der Waals surface area contributed by atoms with Crippen LogP contribution in [0.5, 0.6) is 0 Å². The Hall–Kier alpha value is -0.110. The molecule has 0 aliphatic heterocycles. The molecule has 0 saturated heterocycles. The Morgan fingerprint density at radius 3 is 2.25 bits per heavy atom. The van der Waals surface area contributed by atoms with Crippen molar-refractivity contribution in [2.24, 2.45) is 5.92 Å². The monoisotopic (exact) mass is 192 g/mol. The number of rotatable bonds is 4. The molecule has 0 unspecified atom stereocenters. The number of hydrogen-bond donors (Lipinski definition) is 2. The lowest BCUT2D eigenvalue weighted by Gasteiger charge is -2.09. The molecule has 0 aromatic carbocycles. The third-order valence-electron chi connectivity index (χ3n) is 1.69. The summed E-state index contributed by atoms with van der Waals surface area (Å²) in [7, 11) is -3.97. The summed E-state index contributed by atoms with van der Waals surface area (Å²) in [6, 6.07) is 0. The molecular formula is C8H17O3P. The Morgan fingerprint density at radius 2 is 2.00 bits per heavy atom. The minimum atomic E-state index is -3.97. The largest absolute Gasteiger partial charge is 0.351 e. The van der Waals surface area contributed by atoms with Gasteiger partial charge in [-0.2, -0.15) is 0 Å². The molecule has 4 heteroatoms. The first-order chi connectivity index (χ1) is 5.38. The van der Waals surface area contributed by atoms with Gasteiger partial charge < -0.3 is 9.79 Å².